The molecule has 0 saturated carbocycles. The van der Waals surface area contributed by atoms with E-state index in [9.17, 15) is 0 Å². The summed E-state index contributed by atoms with van der Waals surface area (Å²) in [7, 11) is 0. The van der Waals surface area contributed by atoms with Crippen LogP contribution in [0.5, 0.6) is 5.75 Å². The molecule has 1 aromatic heterocycles. The van der Waals surface area contributed by atoms with Crippen LogP contribution >= 0.6 is 11.3 Å². The van der Waals surface area contributed by atoms with Crippen molar-refractivity contribution in [1.29, 1.82) is 5.26 Å². The van der Waals surface area contributed by atoms with Crippen molar-refractivity contribution in [3.63, 3.8) is 0 Å². The lowest BCUT2D eigenvalue weighted by atomic mass is 10.1. The van der Waals surface area contributed by atoms with E-state index < -0.39 is 0 Å². The number of aryl methyl sites for hydroxylation is 1. The largest absolute Gasteiger partial charge is 0.494 e. The zero-order chi connectivity index (χ0) is 13.0. The average Bonchev–Trinajstić information content (AvgIpc) is 2.72. The molecule has 0 atom stereocenters. The fourth-order valence-corrected chi connectivity index (χ4v) is 2.75. The molecule has 1 heterocycles. The van der Waals surface area contributed by atoms with Crippen LogP contribution in [-0.4, -0.2) is 11.6 Å². The van der Waals surface area contributed by atoms with Gasteiger partial charge in [-0.1, -0.05) is 12.1 Å². The summed E-state index contributed by atoms with van der Waals surface area (Å²) in [6.45, 7) is 4.60. The number of aromatic nitrogens is 1. The zero-order valence-electron chi connectivity index (χ0n) is 10.4. The van der Waals surface area contributed by atoms with Gasteiger partial charge in [-0.05, 0) is 31.5 Å². The first-order valence-electron chi connectivity index (χ1n) is 5.81. The van der Waals surface area contributed by atoms with Crippen molar-refractivity contribution >= 4 is 11.3 Å². The Hall–Kier alpha value is -1.86. The Kier molecular flexibility index (Phi) is 3.96. The first-order chi connectivity index (χ1) is 8.74. The van der Waals surface area contributed by atoms with Gasteiger partial charge in [-0.3, -0.25) is 0 Å². The van der Waals surface area contributed by atoms with Crippen LogP contribution in [0.4, 0.5) is 0 Å². The fraction of sp³-hybridized carbons (Fsp3) is 0.286. The van der Waals surface area contributed by atoms with E-state index >= 15 is 0 Å². The minimum Gasteiger partial charge on any atom is -0.494 e. The predicted octanol–water partition coefficient (Wildman–Crippen LogP) is 3.58. The Morgan fingerprint density at radius 3 is 3.00 bits per heavy atom. The summed E-state index contributed by atoms with van der Waals surface area (Å²) in [6.07, 6.45) is 0.372. The molecule has 2 aromatic rings. The highest BCUT2D eigenvalue weighted by molar-refractivity contribution is 7.15. The standard InChI is InChI=1S/C14H14N2OS/c1-3-17-12-6-4-5-11(9-12)14-10(2)16-13(18-14)7-8-15/h4-6,9H,3,7H2,1-2H3. The maximum atomic E-state index is 8.70. The lowest BCUT2D eigenvalue weighted by molar-refractivity contribution is 0.340. The maximum absolute atomic E-state index is 8.70. The van der Waals surface area contributed by atoms with Crippen LogP contribution < -0.4 is 4.74 Å². The SMILES string of the molecule is CCOc1cccc(-c2sc(CC#N)nc2C)c1. The average molecular weight is 258 g/mol. The normalized spacial score (nSPS) is 10.1. The van der Waals surface area contributed by atoms with E-state index in [4.69, 9.17) is 10.00 Å². The smallest absolute Gasteiger partial charge is 0.119 e. The number of nitrogens with zero attached hydrogens (tertiary/aromatic N) is 2. The highest BCUT2D eigenvalue weighted by atomic mass is 32.1. The van der Waals surface area contributed by atoms with Gasteiger partial charge < -0.3 is 4.74 Å². The molecule has 2 rings (SSSR count). The Morgan fingerprint density at radius 2 is 2.28 bits per heavy atom. The number of thiazole rings is 1. The van der Waals surface area contributed by atoms with Crippen molar-refractivity contribution in [2.45, 2.75) is 20.3 Å². The van der Waals surface area contributed by atoms with Crippen LogP contribution in [-0.2, 0) is 6.42 Å². The Labute approximate surface area is 111 Å². The summed E-state index contributed by atoms with van der Waals surface area (Å²) in [6, 6.07) is 10.1. The van der Waals surface area contributed by atoms with Gasteiger partial charge in [0.2, 0.25) is 0 Å². The van der Waals surface area contributed by atoms with E-state index in [1.165, 1.54) is 0 Å². The lowest BCUT2D eigenvalue weighted by Crippen LogP contribution is -1.91. The molecule has 0 aliphatic heterocycles. The van der Waals surface area contributed by atoms with Crippen molar-refractivity contribution < 1.29 is 4.74 Å². The molecule has 0 aliphatic rings. The molecule has 0 N–H and O–H groups in total. The third kappa shape index (κ3) is 2.69. The summed E-state index contributed by atoms with van der Waals surface area (Å²) in [5.41, 5.74) is 2.07. The van der Waals surface area contributed by atoms with Crippen molar-refractivity contribution in [1.82, 2.24) is 4.98 Å². The molecule has 3 nitrogen and oxygen atoms in total. The van der Waals surface area contributed by atoms with Crippen molar-refractivity contribution in [3.05, 3.63) is 35.0 Å². The topological polar surface area (TPSA) is 45.9 Å². The Balaban J connectivity index is 2.36. The van der Waals surface area contributed by atoms with Crippen LogP contribution in [0.15, 0.2) is 24.3 Å². The molecule has 0 bridgehead atoms. The first-order valence-corrected chi connectivity index (χ1v) is 6.62. The Bertz CT molecular complexity index is 584. The summed E-state index contributed by atoms with van der Waals surface area (Å²) in [5, 5.41) is 9.57. The van der Waals surface area contributed by atoms with Gasteiger partial charge in [-0.2, -0.15) is 5.26 Å². The lowest BCUT2D eigenvalue weighted by Gasteiger charge is -2.04. The van der Waals surface area contributed by atoms with E-state index in [0.717, 1.165) is 26.9 Å². The minimum atomic E-state index is 0.372. The van der Waals surface area contributed by atoms with Gasteiger partial charge in [-0.25, -0.2) is 4.98 Å². The molecule has 0 saturated heterocycles. The molecule has 0 aliphatic carbocycles. The molecule has 92 valence electrons. The second-order valence-electron chi connectivity index (χ2n) is 3.82. The van der Waals surface area contributed by atoms with E-state index in [1.54, 1.807) is 11.3 Å². The van der Waals surface area contributed by atoms with Crippen LogP contribution in [0.1, 0.15) is 17.6 Å². The maximum Gasteiger partial charge on any atom is 0.119 e. The molecular formula is C14H14N2OS. The third-order valence-corrected chi connectivity index (χ3v) is 3.68. The highest BCUT2D eigenvalue weighted by Gasteiger charge is 2.10. The van der Waals surface area contributed by atoms with E-state index in [0.29, 0.717) is 13.0 Å². The van der Waals surface area contributed by atoms with Gasteiger partial charge in [0, 0.05) is 0 Å². The third-order valence-electron chi connectivity index (χ3n) is 2.48. The summed E-state index contributed by atoms with van der Waals surface area (Å²) < 4.78 is 5.49. The second-order valence-corrected chi connectivity index (χ2v) is 4.90. The van der Waals surface area contributed by atoms with Gasteiger partial charge in [0.1, 0.15) is 10.8 Å². The van der Waals surface area contributed by atoms with Crippen molar-refractivity contribution in [2.75, 3.05) is 6.61 Å². The fourth-order valence-electron chi connectivity index (χ4n) is 1.76. The molecule has 0 amide bonds. The number of nitriles is 1. The summed E-state index contributed by atoms with van der Waals surface area (Å²) in [4.78, 5) is 5.52. The second kappa shape index (κ2) is 5.65. The van der Waals surface area contributed by atoms with E-state index in [1.807, 2.05) is 38.1 Å². The highest BCUT2D eigenvalue weighted by Crippen LogP contribution is 2.32. The van der Waals surface area contributed by atoms with E-state index in [-0.39, 0.29) is 0 Å². The molecule has 0 fully saturated rings. The molecule has 0 radical (unpaired) electrons. The summed E-state index contributed by atoms with van der Waals surface area (Å²) in [5.74, 6) is 0.865. The molecule has 0 spiro atoms. The van der Waals surface area contributed by atoms with Gasteiger partial charge in [0.25, 0.3) is 0 Å². The van der Waals surface area contributed by atoms with Crippen LogP contribution in [0.2, 0.25) is 0 Å². The van der Waals surface area contributed by atoms with Gasteiger partial charge in [0.15, 0.2) is 0 Å². The van der Waals surface area contributed by atoms with Crippen LogP contribution in [0.25, 0.3) is 10.4 Å². The molecule has 18 heavy (non-hydrogen) atoms. The first kappa shape index (κ1) is 12.6. The monoisotopic (exact) mass is 258 g/mol. The number of benzene rings is 1. The van der Waals surface area contributed by atoms with Crippen molar-refractivity contribution in [3.8, 4) is 22.3 Å². The van der Waals surface area contributed by atoms with Crippen molar-refractivity contribution in [2.24, 2.45) is 0 Å². The number of ether oxygens (including phenoxy) is 1. The predicted molar refractivity (Wildman–Crippen MR) is 72.8 cm³/mol. The van der Waals surface area contributed by atoms with Gasteiger partial charge >= 0.3 is 0 Å². The number of hydrogen-bond donors (Lipinski definition) is 0. The van der Waals surface area contributed by atoms with Crippen LogP contribution in [0.3, 0.4) is 0 Å². The quantitative estimate of drug-likeness (QED) is 0.842. The van der Waals surface area contributed by atoms with Gasteiger partial charge in [-0.15, -0.1) is 11.3 Å². The zero-order valence-corrected chi connectivity index (χ0v) is 11.3. The molecular weight excluding hydrogens is 244 g/mol. The van der Waals surface area contributed by atoms with E-state index in [2.05, 4.69) is 11.1 Å². The molecule has 0 unspecified atom stereocenters. The Morgan fingerprint density at radius 1 is 1.44 bits per heavy atom. The number of rotatable bonds is 4. The summed E-state index contributed by atoms with van der Waals surface area (Å²) >= 11 is 1.57. The molecule has 4 heteroatoms. The number of hydrogen-bond acceptors (Lipinski definition) is 4. The van der Waals surface area contributed by atoms with Crippen LogP contribution in [0, 0.1) is 18.3 Å². The van der Waals surface area contributed by atoms with Gasteiger partial charge in [0.05, 0.1) is 29.7 Å². The molecule has 1 aromatic carbocycles. The minimum absolute atomic E-state index is 0.372.